The molecule has 4 aromatic carbocycles. The third kappa shape index (κ3) is 6.04. The van der Waals surface area contributed by atoms with Crippen molar-refractivity contribution in [3.63, 3.8) is 0 Å². The van der Waals surface area contributed by atoms with Crippen LogP contribution in [0.15, 0.2) is 132 Å². The van der Waals surface area contributed by atoms with Gasteiger partial charge < -0.3 is 0 Å². The normalized spacial score (nSPS) is 11.6. The second-order valence-corrected chi connectivity index (χ2v) is 11.8. The van der Waals surface area contributed by atoms with Crippen molar-refractivity contribution < 1.29 is 0 Å². The molecule has 0 saturated heterocycles. The van der Waals surface area contributed by atoms with E-state index in [2.05, 4.69) is 127 Å². The van der Waals surface area contributed by atoms with E-state index in [1.54, 1.807) is 4.47 Å². The summed E-state index contributed by atoms with van der Waals surface area (Å²) in [4.78, 5) is 0. The van der Waals surface area contributed by atoms with Crippen molar-refractivity contribution in [2.75, 3.05) is 6.16 Å². The van der Waals surface area contributed by atoms with E-state index in [4.69, 9.17) is 0 Å². The summed E-state index contributed by atoms with van der Waals surface area (Å²) in [7, 11) is -0.420. The van der Waals surface area contributed by atoms with Crippen LogP contribution in [-0.4, -0.2) is 21.1 Å². The first-order chi connectivity index (χ1) is 14.9. The zero-order valence-electron chi connectivity index (χ0n) is 16.9. The molecule has 0 saturated carbocycles. The minimum atomic E-state index is -0.420. The summed E-state index contributed by atoms with van der Waals surface area (Å²) in [6.45, 7) is 0. The van der Waals surface area contributed by atoms with Gasteiger partial charge in [-0.1, -0.05) is 0 Å². The first-order valence-electron chi connectivity index (χ1n) is 10.2. The molecule has 0 fully saturated rings. The maximum atomic E-state index is 2.49. The van der Waals surface area contributed by atoms with Crippen molar-refractivity contribution in [3.8, 4) is 0 Å². The van der Waals surface area contributed by atoms with Crippen LogP contribution in [0.5, 0.6) is 0 Å². The molecule has 0 aliphatic rings. The van der Waals surface area contributed by atoms with Crippen molar-refractivity contribution >= 4 is 37.9 Å². The number of rotatable bonds is 8. The third-order valence-corrected chi connectivity index (χ3v) is 10.1. The second kappa shape index (κ2) is 11.1. The third-order valence-electron chi connectivity index (χ3n) is 4.85. The van der Waals surface area contributed by atoms with Gasteiger partial charge in [-0.05, 0) is 0 Å². The molecule has 0 atom stereocenters. The summed E-state index contributed by atoms with van der Waals surface area (Å²) < 4.78 is 3.02. The molecule has 2 heteroatoms. The van der Waals surface area contributed by atoms with Crippen LogP contribution in [-0.2, 0) is 6.42 Å². The van der Waals surface area contributed by atoms with Crippen molar-refractivity contribution in [2.45, 2.75) is 6.42 Å². The molecule has 0 aliphatic heterocycles. The number of allylic oxidation sites excluding steroid dienone is 2. The van der Waals surface area contributed by atoms with Gasteiger partial charge in [-0.3, -0.25) is 0 Å². The Kier molecular flexibility index (Phi) is 7.70. The van der Waals surface area contributed by atoms with Gasteiger partial charge in [0.2, 0.25) is 0 Å². The molecule has 0 heterocycles. The molecule has 0 spiro atoms. The van der Waals surface area contributed by atoms with E-state index in [0.29, 0.717) is 15.0 Å². The van der Waals surface area contributed by atoms with E-state index in [-0.39, 0.29) is 0 Å². The van der Waals surface area contributed by atoms with Gasteiger partial charge in [0.25, 0.3) is 0 Å². The van der Waals surface area contributed by atoms with Gasteiger partial charge in [-0.15, -0.1) is 0 Å². The maximum absolute atomic E-state index is 2.49. The summed E-state index contributed by atoms with van der Waals surface area (Å²) in [6, 6.07) is 43.8. The first-order valence-corrected chi connectivity index (χ1v) is 13.5. The second-order valence-electron chi connectivity index (χ2n) is 7.03. The van der Waals surface area contributed by atoms with Gasteiger partial charge in [0.1, 0.15) is 0 Å². The molecular weight excluding hydrogens is 446 g/mol. The predicted octanol–water partition coefficient (Wildman–Crippen LogP) is 5.28. The standard InChI is InChI=1S/C28H25PSe/c1-5-13-24(14-6-1)21-22-28(30-27-19-11-4-12-20-27)23-29(25-15-7-2-8-16-25)26-17-9-3-10-18-26/h1-20,22H,21,23H2/b28-22-. The van der Waals surface area contributed by atoms with Gasteiger partial charge >= 0.3 is 188 Å². The Morgan fingerprint density at radius 2 is 1.07 bits per heavy atom. The van der Waals surface area contributed by atoms with Crippen LogP contribution in [0.2, 0.25) is 0 Å². The molecule has 30 heavy (non-hydrogen) atoms. The summed E-state index contributed by atoms with van der Waals surface area (Å²) in [5.41, 5.74) is 1.38. The Bertz CT molecular complexity index is 1010. The summed E-state index contributed by atoms with van der Waals surface area (Å²) in [5.74, 6) is 0. The Morgan fingerprint density at radius 3 is 1.60 bits per heavy atom. The van der Waals surface area contributed by atoms with Crippen LogP contribution in [0.4, 0.5) is 0 Å². The Hall–Kier alpha value is -2.43. The van der Waals surface area contributed by atoms with E-state index in [1.807, 2.05) is 0 Å². The zero-order chi connectivity index (χ0) is 20.4. The van der Waals surface area contributed by atoms with Crippen LogP contribution in [0, 0.1) is 0 Å². The fourth-order valence-electron chi connectivity index (χ4n) is 3.33. The molecule has 0 unspecified atom stereocenters. The monoisotopic (exact) mass is 472 g/mol. The average Bonchev–Trinajstić information content (AvgIpc) is 2.83. The fraction of sp³-hybridized carbons (Fsp3) is 0.0714. The summed E-state index contributed by atoms with van der Waals surface area (Å²) >= 11 is 0.334. The molecule has 0 N–H and O–H groups in total. The minimum absolute atomic E-state index is 0.334. The van der Waals surface area contributed by atoms with E-state index in [0.717, 1.165) is 12.6 Å². The Morgan fingerprint density at radius 1 is 0.600 bits per heavy atom. The Balaban J connectivity index is 1.65. The average molecular weight is 471 g/mol. The van der Waals surface area contributed by atoms with Crippen molar-refractivity contribution in [3.05, 3.63) is 137 Å². The predicted molar refractivity (Wildman–Crippen MR) is 134 cm³/mol. The molecule has 148 valence electrons. The molecular formula is C28H25PSe. The van der Waals surface area contributed by atoms with Crippen molar-refractivity contribution in [1.29, 1.82) is 0 Å². The van der Waals surface area contributed by atoms with Gasteiger partial charge in [0.05, 0.1) is 0 Å². The Labute approximate surface area is 187 Å². The SMILES string of the molecule is C(/Cc1ccccc1)=C(\CP(c1ccccc1)c1ccccc1)[Se]c1ccccc1. The number of hydrogen-bond acceptors (Lipinski definition) is 0. The molecule has 0 radical (unpaired) electrons. The zero-order valence-corrected chi connectivity index (χ0v) is 19.5. The van der Waals surface area contributed by atoms with Crippen LogP contribution >= 0.6 is 7.92 Å². The molecule has 0 aromatic heterocycles. The van der Waals surface area contributed by atoms with Gasteiger partial charge in [0, 0.05) is 0 Å². The van der Waals surface area contributed by atoms with Crippen LogP contribution in [0.3, 0.4) is 0 Å². The molecule has 0 aliphatic carbocycles. The van der Waals surface area contributed by atoms with Gasteiger partial charge in [-0.2, -0.15) is 0 Å². The topological polar surface area (TPSA) is 0 Å². The first kappa shape index (κ1) is 20.8. The van der Waals surface area contributed by atoms with E-state index < -0.39 is 7.92 Å². The van der Waals surface area contributed by atoms with E-state index in [9.17, 15) is 0 Å². The molecule has 0 amide bonds. The van der Waals surface area contributed by atoms with E-state index >= 15 is 0 Å². The van der Waals surface area contributed by atoms with E-state index in [1.165, 1.54) is 20.6 Å². The fourth-order valence-corrected chi connectivity index (χ4v) is 8.38. The van der Waals surface area contributed by atoms with Gasteiger partial charge in [-0.25, -0.2) is 0 Å². The molecule has 4 aromatic rings. The van der Waals surface area contributed by atoms with Crippen molar-refractivity contribution in [2.24, 2.45) is 0 Å². The molecule has 0 bridgehead atoms. The molecule has 4 rings (SSSR count). The van der Waals surface area contributed by atoms with Crippen molar-refractivity contribution in [1.82, 2.24) is 0 Å². The van der Waals surface area contributed by atoms with Crippen LogP contribution < -0.4 is 15.1 Å². The summed E-state index contributed by atoms with van der Waals surface area (Å²) in [5, 5.41) is 2.90. The summed E-state index contributed by atoms with van der Waals surface area (Å²) in [6.07, 6.45) is 4.60. The van der Waals surface area contributed by atoms with Crippen LogP contribution in [0.1, 0.15) is 5.56 Å². The van der Waals surface area contributed by atoms with Crippen LogP contribution in [0.25, 0.3) is 0 Å². The number of benzene rings is 4. The van der Waals surface area contributed by atoms with Gasteiger partial charge in [0.15, 0.2) is 0 Å². The number of hydrogen-bond donors (Lipinski definition) is 0. The molecule has 0 nitrogen and oxygen atoms in total. The quantitative estimate of drug-likeness (QED) is 0.243.